The van der Waals surface area contributed by atoms with E-state index in [0.29, 0.717) is 16.9 Å². The lowest BCUT2D eigenvalue weighted by atomic mass is 10.1. The van der Waals surface area contributed by atoms with Crippen molar-refractivity contribution in [3.05, 3.63) is 64.7 Å². The Labute approximate surface area is 146 Å². The minimum absolute atomic E-state index is 0.0295. The summed E-state index contributed by atoms with van der Waals surface area (Å²) in [5, 5.41) is 3.90. The van der Waals surface area contributed by atoms with Crippen molar-refractivity contribution in [2.24, 2.45) is 5.16 Å². The number of esters is 1. The SMILES string of the molecule is COC(=O)c1ccc(/C=N/OCc2cc(C(C)=O)ccc2OC)cc1. The number of methoxy groups -OCH3 is 2. The molecule has 25 heavy (non-hydrogen) atoms. The minimum Gasteiger partial charge on any atom is -0.496 e. The van der Waals surface area contributed by atoms with Crippen LogP contribution < -0.4 is 4.74 Å². The van der Waals surface area contributed by atoms with Crippen LogP contribution in [0.1, 0.15) is 38.8 Å². The van der Waals surface area contributed by atoms with E-state index in [1.807, 2.05) is 0 Å². The molecule has 0 spiro atoms. The van der Waals surface area contributed by atoms with Crippen LogP contribution in [0.15, 0.2) is 47.6 Å². The molecule has 0 unspecified atom stereocenters. The molecule has 0 heterocycles. The van der Waals surface area contributed by atoms with Crippen LogP contribution in [0, 0.1) is 0 Å². The molecule has 0 fully saturated rings. The zero-order valence-corrected chi connectivity index (χ0v) is 14.3. The fourth-order valence-electron chi connectivity index (χ4n) is 2.14. The molecular weight excluding hydrogens is 322 g/mol. The number of ketones is 1. The molecule has 0 aliphatic rings. The van der Waals surface area contributed by atoms with Crippen molar-refractivity contribution in [2.75, 3.05) is 14.2 Å². The molecule has 0 radical (unpaired) electrons. The van der Waals surface area contributed by atoms with Crippen LogP contribution in [-0.2, 0) is 16.2 Å². The Morgan fingerprint density at radius 1 is 1.04 bits per heavy atom. The number of carbonyl (C=O) groups is 2. The summed E-state index contributed by atoms with van der Waals surface area (Å²) < 4.78 is 9.89. The van der Waals surface area contributed by atoms with Gasteiger partial charge in [0.25, 0.3) is 0 Å². The number of ether oxygens (including phenoxy) is 2. The highest BCUT2D eigenvalue weighted by atomic mass is 16.6. The normalized spacial score (nSPS) is 10.5. The number of hydrogen-bond acceptors (Lipinski definition) is 6. The van der Waals surface area contributed by atoms with E-state index in [2.05, 4.69) is 9.89 Å². The molecule has 0 bridgehead atoms. The molecule has 130 valence electrons. The van der Waals surface area contributed by atoms with E-state index in [1.54, 1.807) is 49.6 Å². The molecule has 0 aromatic heterocycles. The lowest BCUT2D eigenvalue weighted by molar-refractivity contribution is 0.0600. The van der Waals surface area contributed by atoms with Crippen LogP contribution >= 0.6 is 0 Å². The van der Waals surface area contributed by atoms with Crippen molar-refractivity contribution in [2.45, 2.75) is 13.5 Å². The number of benzene rings is 2. The van der Waals surface area contributed by atoms with E-state index >= 15 is 0 Å². The highest BCUT2D eigenvalue weighted by Crippen LogP contribution is 2.21. The first kappa shape index (κ1) is 18.2. The molecule has 0 atom stereocenters. The van der Waals surface area contributed by atoms with Gasteiger partial charge in [-0.15, -0.1) is 0 Å². The van der Waals surface area contributed by atoms with Gasteiger partial charge in [-0.05, 0) is 42.8 Å². The summed E-state index contributed by atoms with van der Waals surface area (Å²) in [5.41, 5.74) is 2.55. The van der Waals surface area contributed by atoms with E-state index in [-0.39, 0.29) is 12.4 Å². The van der Waals surface area contributed by atoms with Crippen molar-refractivity contribution in [3.8, 4) is 5.75 Å². The van der Waals surface area contributed by atoms with Gasteiger partial charge in [-0.25, -0.2) is 4.79 Å². The van der Waals surface area contributed by atoms with Gasteiger partial charge in [0.05, 0.1) is 26.0 Å². The van der Waals surface area contributed by atoms with Crippen LogP contribution in [0.5, 0.6) is 5.75 Å². The number of nitrogens with zero attached hydrogens (tertiary/aromatic N) is 1. The summed E-state index contributed by atoms with van der Waals surface area (Å²) in [4.78, 5) is 28.1. The summed E-state index contributed by atoms with van der Waals surface area (Å²) in [6.07, 6.45) is 1.53. The molecule has 0 saturated heterocycles. The maximum Gasteiger partial charge on any atom is 0.337 e. The van der Waals surface area contributed by atoms with Gasteiger partial charge in [-0.2, -0.15) is 0 Å². The van der Waals surface area contributed by atoms with Crippen LogP contribution in [-0.4, -0.2) is 32.2 Å². The highest BCUT2D eigenvalue weighted by molar-refractivity contribution is 5.94. The Bertz CT molecular complexity index is 781. The van der Waals surface area contributed by atoms with Crippen LogP contribution in [0.2, 0.25) is 0 Å². The van der Waals surface area contributed by atoms with E-state index < -0.39 is 5.97 Å². The number of Topliss-reactive ketones (excluding diaryl/α,β-unsaturated/α-hetero) is 1. The summed E-state index contributed by atoms with van der Waals surface area (Å²) in [6.45, 7) is 1.67. The molecule has 0 N–H and O–H groups in total. The second-order valence-corrected chi connectivity index (χ2v) is 5.20. The van der Waals surface area contributed by atoms with Gasteiger partial charge >= 0.3 is 5.97 Å². The average Bonchev–Trinajstić information content (AvgIpc) is 2.64. The second-order valence-electron chi connectivity index (χ2n) is 5.20. The summed E-state index contributed by atoms with van der Waals surface area (Å²) in [6, 6.07) is 11.9. The smallest absolute Gasteiger partial charge is 0.337 e. The molecule has 0 amide bonds. The molecule has 2 aromatic carbocycles. The Kier molecular flexibility index (Phi) is 6.28. The average molecular weight is 341 g/mol. The first-order valence-electron chi connectivity index (χ1n) is 7.56. The third kappa shape index (κ3) is 4.91. The second kappa shape index (κ2) is 8.63. The van der Waals surface area contributed by atoms with Crippen LogP contribution in [0.3, 0.4) is 0 Å². The highest BCUT2D eigenvalue weighted by Gasteiger charge is 2.08. The molecule has 6 nitrogen and oxygen atoms in total. The zero-order valence-electron chi connectivity index (χ0n) is 14.3. The van der Waals surface area contributed by atoms with Crippen molar-refractivity contribution >= 4 is 18.0 Å². The van der Waals surface area contributed by atoms with Gasteiger partial charge < -0.3 is 14.3 Å². The number of carbonyl (C=O) groups excluding carboxylic acids is 2. The van der Waals surface area contributed by atoms with Gasteiger partial charge in [-0.1, -0.05) is 17.3 Å². The van der Waals surface area contributed by atoms with Gasteiger partial charge in [-0.3, -0.25) is 4.79 Å². The third-order valence-corrected chi connectivity index (χ3v) is 3.52. The van der Waals surface area contributed by atoms with Crippen molar-refractivity contribution in [3.63, 3.8) is 0 Å². The van der Waals surface area contributed by atoms with E-state index in [1.165, 1.54) is 20.2 Å². The van der Waals surface area contributed by atoms with Crippen molar-refractivity contribution < 1.29 is 23.9 Å². The number of hydrogen-bond donors (Lipinski definition) is 0. The van der Waals surface area contributed by atoms with Gasteiger partial charge in [0, 0.05) is 11.1 Å². The van der Waals surface area contributed by atoms with E-state index in [9.17, 15) is 9.59 Å². The largest absolute Gasteiger partial charge is 0.496 e. The number of oxime groups is 1. The Hall–Kier alpha value is -3.15. The maximum absolute atomic E-state index is 11.5. The lowest BCUT2D eigenvalue weighted by Gasteiger charge is -2.08. The van der Waals surface area contributed by atoms with Crippen LogP contribution in [0.4, 0.5) is 0 Å². The minimum atomic E-state index is -0.391. The summed E-state index contributed by atoms with van der Waals surface area (Å²) in [5.74, 6) is 0.206. The van der Waals surface area contributed by atoms with E-state index in [0.717, 1.165) is 11.1 Å². The predicted molar refractivity (Wildman–Crippen MR) is 93.2 cm³/mol. The van der Waals surface area contributed by atoms with Gasteiger partial charge in [0.1, 0.15) is 12.4 Å². The molecule has 0 saturated carbocycles. The fourth-order valence-corrected chi connectivity index (χ4v) is 2.14. The molecular formula is C19H19NO5. The van der Waals surface area contributed by atoms with Crippen molar-refractivity contribution in [1.82, 2.24) is 0 Å². The zero-order chi connectivity index (χ0) is 18.2. The summed E-state index contributed by atoms with van der Waals surface area (Å²) in [7, 11) is 2.89. The molecule has 2 rings (SSSR count). The van der Waals surface area contributed by atoms with Gasteiger partial charge in [0.2, 0.25) is 0 Å². The Morgan fingerprint density at radius 2 is 1.72 bits per heavy atom. The lowest BCUT2D eigenvalue weighted by Crippen LogP contribution is -2.00. The third-order valence-electron chi connectivity index (χ3n) is 3.52. The topological polar surface area (TPSA) is 74.2 Å². The Balaban J connectivity index is 2.00. The molecule has 6 heteroatoms. The first-order valence-corrected chi connectivity index (χ1v) is 7.56. The Morgan fingerprint density at radius 3 is 2.32 bits per heavy atom. The quantitative estimate of drug-likeness (QED) is 0.334. The van der Waals surface area contributed by atoms with Crippen LogP contribution in [0.25, 0.3) is 0 Å². The van der Waals surface area contributed by atoms with E-state index in [4.69, 9.17) is 9.57 Å². The summed E-state index contributed by atoms with van der Waals surface area (Å²) >= 11 is 0. The first-order chi connectivity index (χ1) is 12.0. The molecule has 0 aliphatic heterocycles. The monoisotopic (exact) mass is 341 g/mol. The molecule has 0 aliphatic carbocycles. The fraction of sp³-hybridized carbons (Fsp3) is 0.211. The van der Waals surface area contributed by atoms with Crippen molar-refractivity contribution in [1.29, 1.82) is 0 Å². The van der Waals surface area contributed by atoms with Gasteiger partial charge in [0.15, 0.2) is 5.78 Å². The predicted octanol–water partition coefficient (Wildman–Crippen LogP) is 3.24. The maximum atomic E-state index is 11.5. The number of rotatable bonds is 7. The molecule has 2 aromatic rings. The standard InChI is InChI=1S/C19H19NO5/c1-13(21)16-8-9-18(23-2)17(10-16)12-25-20-11-14-4-6-15(7-5-14)19(22)24-3/h4-11H,12H2,1-3H3/b20-11+.